The molecule has 0 spiro atoms. The standard InChI is InChI=1S/C11H21NO3/c1-8(2)11(3,15)7-12-6-4-5-9(12)10(13)14/h8-9,15H,4-7H2,1-3H3,(H,13,14). The molecule has 1 fully saturated rings. The number of rotatable bonds is 4. The van der Waals surface area contributed by atoms with Gasteiger partial charge in [0.1, 0.15) is 6.04 Å². The van der Waals surface area contributed by atoms with Gasteiger partial charge in [-0.1, -0.05) is 13.8 Å². The first-order valence-corrected chi connectivity index (χ1v) is 5.54. The molecule has 1 rings (SSSR count). The quantitative estimate of drug-likeness (QED) is 0.732. The number of hydrogen-bond acceptors (Lipinski definition) is 3. The molecule has 0 aromatic heterocycles. The van der Waals surface area contributed by atoms with Crippen LogP contribution in [0.1, 0.15) is 33.6 Å². The van der Waals surface area contributed by atoms with Crippen molar-refractivity contribution in [1.29, 1.82) is 0 Å². The monoisotopic (exact) mass is 215 g/mol. The molecule has 1 saturated heterocycles. The van der Waals surface area contributed by atoms with Crippen molar-refractivity contribution >= 4 is 5.97 Å². The number of aliphatic carboxylic acids is 1. The van der Waals surface area contributed by atoms with Gasteiger partial charge >= 0.3 is 5.97 Å². The summed E-state index contributed by atoms with van der Waals surface area (Å²) in [4.78, 5) is 12.8. The molecule has 88 valence electrons. The average Bonchev–Trinajstić information content (AvgIpc) is 2.51. The second-order valence-electron chi connectivity index (χ2n) is 4.98. The third-order valence-electron chi connectivity index (χ3n) is 3.42. The van der Waals surface area contributed by atoms with E-state index < -0.39 is 17.6 Å². The van der Waals surface area contributed by atoms with Crippen LogP contribution in [0.2, 0.25) is 0 Å². The largest absolute Gasteiger partial charge is 0.480 e. The van der Waals surface area contributed by atoms with Gasteiger partial charge in [-0.3, -0.25) is 9.69 Å². The normalized spacial score (nSPS) is 26.9. The lowest BCUT2D eigenvalue weighted by Crippen LogP contribution is -2.48. The Hall–Kier alpha value is -0.610. The van der Waals surface area contributed by atoms with E-state index in [-0.39, 0.29) is 5.92 Å². The maximum Gasteiger partial charge on any atom is 0.320 e. The average molecular weight is 215 g/mol. The Kier molecular flexibility index (Phi) is 3.73. The van der Waals surface area contributed by atoms with Crippen molar-refractivity contribution in [3.05, 3.63) is 0 Å². The van der Waals surface area contributed by atoms with Crippen molar-refractivity contribution in [3.8, 4) is 0 Å². The van der Waals surface area contributed by atoms with Crippen molar-refractivity contribution < 1.29 is 15.0 Å². The fraction of sp³-hybridized carbons (Fsp3) is 0.909. The van der Waals surface area contributed by atoms with Crippen LogP contribution >= 0.6 is 0 Å². The highest BCUT2D eigenvalue weighted by atomic mass is 16.4. The summed E-state index contributed by atoms with van der Waals surface area (Å²) in [6.45, 7) is 6.90. The van der Waals surface area contributed by atoms with Gasteiger partial charge in [0.15, 0.2) is 0 Å². The van der Waals surface area contributed by atoms with E-state index >= 15 is 0 Å². The Morgan fingerprint density at radius 2 is 2.20 bits per heavy atom. The number of nitrogens with zero attached hydrogens (tertiary/aromatic N) is 1. The van der Waals surface area contributed by atoms with Crippen LogP contribution in [0.15, 0.2) is 0 Å². The Balaban J connectivity index is 2.61. The van der Waals surface area contributed by atoms with E-state index in [2.05, 4.69) is 0 Å². The maximum absolute atomic E-state index is 10.9. The lowest BCUT2D eigenvalue weighted by molar-refractivity contribution is -0.143. The van der Waals surface area contributed by atoms with Crippen molar-refractivity contribution in [3.63, 3.8) is 0 Å². The van der Waals surface area contributed by atoms with Crippen LogP contribution in [-0.2, 0) is 4.79 Å². The van der Waals surface area contributed by atoms with Gasteiger partial charge < -0.3 is 10.2 Å². The Bertz CT molecular complexity index is 238. The Morgan fingerprint density at radius 1 is 1.60 bits per heavy atom. The highest BCUT2D eigenvalue weighted by Crippen LogP contribution is 2.24. The summed E-state index contributed by atoms with van der Waals surface area (Å²) in [5.74, 6) is -0.639. The fourth-order valence-electron chi connectivity index (χ4n) is 1.89. The summed E-state index contributed by atoms with van der Waals surface area (Å²) in [7, 11) is 0. The van der Waals surface area contributed by atoms with Gasteiger partial charge in [0.05, 0.1) is 5.60 Å². The third-order valence-corrected chi connectivity index (χ3v) is 3.42. The van der Waals surface area contributed by atoms with E-state index in [1.54, 1.807) is 6.92 Å². The second kappa shape index (κ2) is 4.49. The summed E-state index contributed by atoms with van der Waals surface area (Å²) in [6.07, 6.45) is 1.61. The van der Waals surface area contributed by atoms with Crippen molar-refractivity contribution in [2.24, 2.45) is 5.92 Å². The zero-order valence-electron chi connectivity index (χ0n) is 9.73. The van der Waals surface area contributed by atoms with Crippen molar-refractivity contribution in [2.75, 3.05) is 13.1 Å². The number of β-amino-alcohol motifs (C(OH)–C–C–N with tert-alkyl or cyclic N) is 1. The summed E-state index contributed by atoms with van der Waals surface area (Å²) in [5.41, 5.74) is -0.808. The Morgan fingerprint density at radius 3 is 2.67 bits per heavy atom. The number of carboxylic acid groups (broad SMARTS) is 1. The summed E-state index contributed by atoms with van der Waals surface area (Å²) < 4.78 is 0. The fourth-order valence-corrected chi connectivity index (χ4v) is 1.89. The van der Waals surface area contributed by atoms with Gasteiger partial charge in [-0.2, -0.15) is 0 Å². The van der Waals surface area contributed by atoms with Crippen molar-refractivity contribution in [1.82, 2.24) is 4.90 Å². The molecule has 15 heavy (non-hydrogen) atoms. The van der Waals surface area contributed by atoms with Gasteiger partial charge in [0.25, 0.3) is 0 Å². The molecule has 0 saturated carbocycles. The van der Waals surface area contributed by atoms with Crippen molar-refractivity contribution in [2.45, 2.75) is 45.3 Å². The number of aliphatic hydroxyl groups is 1. The number of carboxylic acids is 1. The highest BCUT2D eigenvalue weighted by molar-refractivity contribution is 5.73. The number of likely N-dealkylation sites (tertiary alicyclic amines) is 1. The van der Waals surface area contributed by atoms with Gasteiger partial charge in [0.2, 0.25) is 0 Å². The molecule has 2 unspecified atom stereocenters. The van der Waals surface area contributed by atoms with E-state index in [4.69, 9.17) is 5.11 Å². The molecule has 0 bridgehead atoms. The maximum atomic E-state index is 10.9. The summed E-state index contributed by atoms with van der Waals surface area (Å²) >= 11 is 0. The van der Waals surface area contributed by atoms with E-state index in [1.807, 2.05) is 18.7 Å². The number of carbonyl (C=O) groups is 1. The van der Waals surface area contributed by atoms with Gasteiger partial charge in [-0.05, 0) is 32.2 Å². The van der Waals surface area contributed by atoms with Crippen LogP contribution in [0.4, 0.5) is 0 Å². The zero-order chi connectivity index (χ0) is 11.6. The first-order valence-electron chi connectivity index (χ1n) is 5.54. The molecule has 0 amide bonds. The van der Waals surface area contributed by atoms with Crippen LogP contribution in [0, 0.1) is 5.92 Å². The summed E-state index contributed by atoms with van der Waals surface area (Å²) in [5, 5.41) is 19.1. The minimum atomic E-state index is -0.808. The topological polar surface area (TPSA) is 60.8 Å². The molecule has 4 nitrogen and oxygen atoms in total. The highest BCUT2D eigenvalue weighted by Gasteiger charge is 2.36. The predicted octanol–water partition coefficient (Wildman–Crippen LogP) is 0.942. The Labute approximate surface area is 90.9 Å². The molecule has 0 aromatic carbocycles. The van der Waals surface area contributed by atoms with Gasteiger partial charge in [-0.15, -0.1) is 0 Å². The van der Waals surface area contributed by atoms with Crippen LogP contribution in [0.5, 0.6) is 0 Å². The molecule has 1 heterocycles. The molecule has 1 aliphatic heterocycles. The van der Waals surface area contributed by atoms with Gasteiger partial charge in [-0.25, -0.2) is 0 Å². The lowest BCUT2D eigenvalue weighted by atomic mass is 9.92. The minimum absolute atomic E-state index is 0.132. The predicted molar refractivity (Wildman–Crippen MR) is 57.7 cm³/mol. The third kappa shape index (κ3) is 2.92. The van der Waals surface area contributed by atoms with Gasteiger partial charge in [0, 0.05) is 6.54 Å². The molecule has 0 radical (unpaired) electrons. The number of hydrogen-bond donors (Lipinski definition) is 2. The van der Waals surface area contributed by atoms with Crippen LogP contribution < -0.4 is 0 Å². The van der Waals surface area contributed by atoms with E-state index in [0.29, 0.717) is 13.0 Å². The molecular weight excluding hydrogens is 194 g/mol. The molecular formula is C11H21NO3. The molecule has 4 heteroatoms. The lowest BCUT2D eigenvalue weighted by Gasteiger charge is -2.34. The molecule has 2 N–H and O–H groups in total. The smallest absolute Gasteiger partial charge is 0.320 e. The van der Waals surface area contributed by atoms with E-state index in [1.165, 1.54) is 0 Å². The van der Waals surface area contributed by atoms with Crippen LogP contribution in [0.3, 0.4) is 0 Å². The van der Waals surface area contributed by atoms with Crippen LogP contribution in [-0.4, -0.2) is 45.8 Å². The first kappa shape index (κ1) is 12.5. The molecule has 0 aliphatic carbocycles. The molecule has 1 aliphatic rings. The van der Waals surface area contributed by atoms with E-state index in [9.17, 15) is 9.90 Å². The van der Waals surface area contributed by atoms with Crippen LogP contribution in [0.25, 0.3) is 0 Å². The summed E-state index contributed by atoms with van der Waals surface area (Å²) in [6, 6.07) is -0.407. The molecule has 2 atom stereocenters. The van der Waals surface area contributed by atoms with E-state index in [0.717, 1.165) is 13.0 Å². The zero-order valence-corrected chi connectivity index (χ0v) is 9.73. The second-order valence-corrected chi connectivity index (χ2v) is 4.98. The SMILES string of the molecule is CC(C)C(C)(O)CN1CCCC1C(=O)O. The first-order chi connectivity index (χ1) is 6.84. The minimum Gasteiger partial charge on any atom is -0.480 e. The molecule has 0 aromatic rings.